The number of rotatable bonds is 4. The number of ether oxygens (including phenoxy) is 1. The average Bonchev–Trinajstić information content (AvgIpc) is 2.40. The van der Waals surface area contributed by atoms with Crippen LogP contribution in [0.2, 0.25) is 0 Å². The number of hydrogen-bond donors (Lipinski definition) is 1. The van der Waals surface area contributed by atoms with Crippen molar-refractivity contribution < 1.29 is 14.6 Å². The van der Waals surface area contributed by atoms with Gasteiger partial charge in [-0.25, -0.2) is 4.79 Å². The van der Waals surface area contributed by atoms with Gasteiger partial charge in [0.15, 0.2) is 0 Å². The molecule has 1 fully saturated rings. The summed E-state index contributed by atoms with van der Waals surface area (Å²) in [6.45, 7) is 2.45. The molecule has 1 aromatic heterocycles. The van der Waals surface area contributed by atoms with Crippen molar-refractivity contribution in [1.29, 1.82) is 0 Å². The van der Waals surface area contributed by atoms with Gasteiger partial charge in [0.2, 0.25) is 0 Å². The Balaban J connectivity index is 2.08. The topological polar surface area (TPSA) is 62.7 Å². The number of nitrogens with zero attached hydrogens (tertiary/aromatic N) is 2. The van der Waals surface area contributed by atoms with E-state index in [4.69, 9.17) is 9.84 Å². The largest absolute Gasteiger partial charge is 0.478 e. The number of aromatic carboxylic acids is 1. The van der Waals surface area contributed by atoms with Crippen LogP contribution in [0.25, 0.3) is 0 Å². The molecule has 0 aromatic carbocycles. The summed E-state index contributed by atoms with van der Waals surface area (Å²) in [6.07, 6.45) is 5.19. The molecule has 0 saturated carbocycles. The van der Waals surface area contributed by atoms with Crippen LogP contribution < -0.4 is 4.90 Å². The number of carbonyl (C=O) groups is 1. The van der Waals surface area contributed by atoms with Crippen molar-refractivity contribution in [2.75, 3.05) is 31.7 Å². The number of hydrogen-bond acceptors (Lipinski definition) is 4. The van der Waals surface area contributed by atoms with E-state index in [-0.39, 0.29) is 0 Å². The number of carboxylic acids is 1. The van der Waals surface area contributed by atoms with Crippen LogP contribution in [0.1, 0.15) is 23.2 Å². The lowest BCUT2D eigenvalue weighted by Crippen LogP contribution is -2.30. The second-order valence-electron chi connectivity index (χ2n) is 4.63. The standard InChI is InChI=1S/C13H18N2O3/c1-15(9-10-3-6-18-7-4-10)12-8-14-5-2-11(12)13(16)17/h2,5,8,10H,3-4,6-7,9H2,1H3,(H,16,17). The fourth-order valence-electron chi connectivity index (χ4n) is 2.29. The van der Waals surface area contributed by atoms with E-state index in [0.717, 1.165) is 32.6 Å². The molecule has 0 atom stereocenters. The Bertz CT molecular complexity index is 416. The second kappa shape index (κ2) is 5.82. The van der Waals surface area contributed by atoms with Crippen molar-refractivity contribution >= 4 is 11.7 Å². The molecule has 1 N–H and O–H groups in total. The molecule has 5 heteroatoms. The van der Waals surface area contributed by atoms with E-state index in [9.17, 15) is 4.79 Å². The van der Waals surface area contributed by atoms with Gasteiger partial charge < -0.3 is 14.7 Å². The summed E-state index contributed by atoms with van der Waals surface area (Å²) in [5.74, 6) is -0.350. The molecule has 98 valence electrons. The first-order valence-electron chi connectivity index (χ1n) is 6.14. The van der Waals surface area contributed by atoms with Crippen molar-refractivity contribution in [3.63, 3.8) is 0 Å². The first-order chi connectivity index (χ1) is 8.68. The Labute approximate surface area is 106 Å². The van der Waals surface area contributed by atoms with E-state index >= 15 is 0 Å². The Morgan fingerprint density at radius 2 is 2.28 bits per heavy atom. The maximum absolute atomic E-state index is 11.1. The Morgan fingerprint density at radius 1 is 1.56 bits per heavy atom. The quantitative estimate of drug-likeness (QED) is 0.880. The third kappa shape index (κ3) is 2.98. The van der Waals surface area contributed by atoms with Crippen molar-refractivity contribution in [2.24, 2.45) is 5.92 Å². The van der Waals surface area contributed by atoms with Crippen LogP contribution in [0.3, 0.4) is 0 Å². The molecule has 0 bridgehead atoms. The minimum atomic E-state index is -0.911. The molecule has 2 heterocycles. The molecular weight excluding hydrogens is 232 g/mol. The lowest BCUT2D eigenvalue weighted by atomic mass is 9.99. The molecule has 18 heavy (non-hydrogen) atoms. The molecule has 1 aliphatic rings. The SMILES string of the molecule is CN(CC1CCOCC1)c1cnccc1C(=O)O. The van der Waals surface area contributed by atoms with Crippen LogP contribution in [0, 0.1) is 5.92 Å². The van der Waals surface area contributed by atoms with Crippen LogP contribution >= 0.6 is 0 Å². The molecule has 5 nitrogen and oxygen atoms in total. The summed E-state index contributed by atoms with van der Waals surface area (Å²) in [5, 5.41) is 9.15. The van der Waals surface area contributed by atoms with Crippen LogP contribution in [0.5, 0.6) is 0 Å². The highest BCUT2D eigenvalue weighted by Gasteiger charge is 2.19. The minimum absolute atomic E-state index is 0.305. The van der Waals surface area contributed by atoms with E-state index in [0.29, 0.717) is 17.2 Å². The third-order valence-corrected chi connectivity index (χ3v) is 3.31. The van der Waals surface area contributed by atoms with Crippen molar-refractivity contribution in [1.82, 2.24) is 4.98 Å². The fourth-order valence-corrected chi connectivity index (χ4v) is 2.29. The molecule has 2 rings (SSSR count). The monoisotopic (exact) mass is 250 g/mol. The van der Waals surface area contributed by atoms with Gasteiger partial charge in [0.1, 0.15) is 0 Å². The van der Waals surface area contributed by atoms with E-state index in [1.807, 2.05) is 11.9 Å². The maximum Gasteiger partial charge on any atom is 0.337 e. The molecular formula is C13H18N2O3. The van der Waals surface area contributed by atoms with Gasteiger partial charge in [-0.2, -0.15) is 0 Å². The Kier molecular flexibility index (Phi) is 4.15. The third-order valence-electron chi connectivity index (χ3n) is 3.31. The van der Waals surface area contributed by atoms with Gasteiger partial charge in [0, 0.05) is 33.0 Å². The summed E-state index contributed by atoms with van der Waals surface area (Å²) in [7, 11) is 1.92. The van der Waals surface area contributed by atoms with Crippen LogP contribution in [0.4, 0.5) is 5.69 Å². The van der Waals surface area contributed by atoms with E-state index in [2.05, 4.69) is 4.98 Å². The van der Waals surface area contributed by atoms with Crippen LogP contribution in [-0.2, 0) is 4.74 Å². The van der Waals surface area contributed by atoms with Gasteiger partial charge in [-0.3, -0.25) is 4.98 Å². The highest BCUT2D eigenvalue weighted by atomic mass is 16.5. The van der Waals surface area contributed by atoms with Crippen molar-refractivity contribution in [3.8, 4) is 0 Å². The Morgan fingerprint density at radius 3 is 2.94 bits per heavy atom. The first kappa shape index (κ1) is 12.8. The highest BCUT2D eigenvalue weighted by Crippen LogP contribution is 2.22. The molecule has 0 spiro atoms. The lowest BCUT2D eigenvalue weighted by molar-refractivity contribution is 0.0678. The zero-order valence-electron chi connectivity index (χ0n) is 10.5. The van der Waals surface area contributed by atoms with Gasteiger partial charge in [0.05, 0.1) is 17.4 Å². The summed E-state index contributed by atoms with van der Waals surface area (Å²) in [5.41, 5.74) is 0.982. The van der Waals surface area contributed by atoms with Crippen molar-refractivity contribution in [3.05, 3.63) is 24.0 Å². The smallest absolute Gasteiger partial charge is 0.337 e. The number of pyridine rings is 1. The zero-order chi connectivity index (χ0) is 13.0. The number of aromatic nitrogens is 1. The van der Waals surface area contributed by atoms with Crippen LogP contribution in [-0.4, -0.2) is 42.9 Å². The minimum Gasteiger partial charge on any atom is -0.478 e. The van der Waals surface area contributed by atoms with Gasteiger partial charge in [0.25, 0.3) is 0 Å². The summed E-state index contributed by atoms with van der Waals surface area (Å²) >= 11 is 0. The molecule has 1 aromatic rings. The zero-order valence-corrected chi connectivity index (χ0v) is 10.5. The van der Waals surface area contributed by atoms with Gasteiger partial charge in [-0.05, 0) is 24.8 Å². The lowest BCUT2D eigenvalue weighted by Gasteiger charge is -2.28. The van der Waals surface area contributed by atoms with Gasteiger partial charge in [-0.15, -0.1) is 0 Å². The number of anilines is 1. The number of carboxylic acid groups (broad SMARTS) is 1. The summed E-state index contributed by atoms with van der Waals surface area (Å²) < 4.78 is 5.32. The summed E-state index contributed by atoms with van der Waals surface area (Å²) in [4.78, 5) is 17.1. The highest BCUT2D eigenvalue weighted by molar-refractivity contribution is 5.94. The Hall–Kier alpha value is -1.62. The average molecular weight is 250 g/mol. The predicted octanol–water partition coefficient (Wildman–Crippen LogP) is 1.64. The van der Waals surface area contributed by atoms with E-state index in [1.54, 1.807) is 6.20 Å². The van der Waals surface area contributed by atoms with Crippen molar-refractivity contribution in [2.45, 2.75) is 12.8 Å². The maximum atomic E-state index is 11.1. The van der Waals surface area contributed by atoms with Crippen LogP contribution in [0.15, 0.2) is 18.5 Å². The molecule has 0 unspecified atom stereocenters. The molecule has 0 amide bonds. The fraction of sp³-hybridized carbons (Fsp3) is 0.538. The molecule has 1 aliphatic heterocycles. The molecule has 0 radical (unpaired) electrons. The van der Waals surface area contributed by atoms with E-state index in [1.165, 1.54) is 12.3 Å². The normalized spacial score (nSPS) is 16.5. The predicted molar refractivity (Wildman–Crippen MR) is 68.0 cm³/mol. The van der Waals surface area contributed by atoms with Gasteiger partial charge in [-0.1, -0.05) is 0 Å². The van der Waals surface area contributed by atoms with E-state index < -0.39 is 5.97 Å². The molecule has 0 aliphatic carbocycles. The summed E-state index contributed by atoms with van der Waals surface area (Å²) in [6, 6.07) is 1.54. The molecule has 1 saturated heterocycles. The first-order valence-corrected chi connectivity index (χ1v) is 6.14. The second-order valence-corrected chi connectivity index (χ2v) is 4.63. The van der Waals surface area contributed by atoms with Gasteiger partial charge >= 0.3 is 5.97 Å².